The van der Waals surface area contributed by atoms with Crippen molar-refractivity contribution in [2.45, 2.75) is 70.6 Å². The molecule has 0 atom stereocenters. The Bertz CT molecular complexity index is 1850. The highest BCUT2D eigenvalue weighted by molar-refractivity contribution is 5.70. The Hall–Kier alpha value is -4.12. The van der Waals surface area contributed by atoms with Gasteiger partial charge in [-0.3, -0.25) is 10.9 Å². The van der Waals surface area contributed by atoms with E-state index in [1.807, 2.05) is 0 Å². The Balaban J connectivity index is 1.37. The molecule has 5 heteroatoms. The van der Waals surface area contributed by atoms with E-state index in [0.717, 1.165) is 42.8 Å². The van der Waals surface area contributed by atoms with E-state index in [0.29, 0.717) is 12.8 Å². The number of rotatable bonds is 6. The van der Waals surface area contributed by atoms with E-state index in [2.05, 4.69) is 130 Å². The predicted octanol–water partition coefficient (Wildman–Crippen LogP) is 4.02. The van der Waals surface area contributed by atoms with Gasteiger partial charge >= 0.3 is 5.97 Å². The maximum Gasteiger partial charge on any atom is 0.306 e. The van der Waals surface area contributed by atoms with Crippen molar-refractivity contribution in [2.24, 2.45) is 5.92 Å². The quantitative estimate of drug-likeness (QED) is 0.402. The van der Waals surface area contributed by atoms with Gasteiger partial charge in [0, 0.05) is 30.0 Å². The molecule has 2 aromatic carbocycles. The third-order valence-corrected chi connectivity index (χ3v) is 10.7. The molecule has 2 aromatic rings. The maximum absolute atomic E-state index is 11.8. The number of hydrogen-bond donors (Lipinski definition) is 1. The number of hydrogen-bond acceptors (Lipinski definition) is 2. The first kappa shape index (κ1) is 30.9. The molecular weight excluding hydrogens is 554 g/mol. The molecule has 0 saturated carbocycles. The Morgan fingerprint density at radius 2 is 1.42 bits per heavy atom. The number of carboxylic acids is 1. The monoisotopic (exact) mass is 602 g/mol. The third kappa shape index (κ3) is 5.30. The molecule has 45 heavy (non-hydrogen) atoms. The van der Waals surface area contributed by atoms with Crippen molar-refractivity contribution in [3.05, 3.63) is 122 Å². The highest BCUT2D eigenvalue weighted by Crippen LogP contribution is 2.41. The zero-order valence-corrected chi connectivity index (χ0v) is 27.9. The summed E-state index contributed by atoms with van der Waals surface area (Å²) in [5.74, 6) is 0.412. The standard InChI is InChI=1S/C40H48N3O2/c1-26-12-16-33-31(24-26)39(3,4)35(41(33)7)18-14-28-10-9-11-29(37(28)43-22-20-30(21-23-43)38(44)45)15-19-36-40(5,6)32-25-27(2)13-17-34(32)42(36)8/h12-19,24-25,30H,1-2,9-11,20-23H2,3-8H3,(H,44,45)/q-1/b18-14+,19-15?. The second kappa shape index (κ2) is 11.3. The number of aliphatic carboxylic acids is 1. The maximum atomic E-state index is 11.8. The summed E-state index contributed by atoms with van der Waals surface area (Å²) in [7, 11) is 4.32. The molecule has 1 aliphatic carbocycles. The minimum Gasteiger partial charge on any atom is -0.481 e. The van der Waals surface area contributed by atoms with Crippen LogP contribution < -0.4 is 30.3 Å². The smallest absolute Gasteiger partial charge is 0.306 e. The van der Waals surface area contributed by atoms with Gasteiger partial charge in [0.1, 0.15) is 24.8 Å². The number of carboxylic acid groups (broad SMARTS) is 1. The molecule has 0 radical (unpaired) electrons. The van der Waals surface area contributed by atoms with Crippen LogP contribution in [0.5, 0.6) is 0 Å². The number of likely N-dealkylation sites (N-methyl/N-ethyl adjacent to an activating group) is 2. The number of benzene rings is 2. The van der Waals surface area contributed by atoms with Crippen molar-refractivity contribution in [1.82, 2.24) is 14.1 Å². The molecular formula is C40H48N3O2-. The molecule has 0 amide bonds. The van der Waals surface area contributed by atoms with E-state index in [4.69, 9.17) is 0 Å². The fraction of sp³-hybridized carbons (Fsp3) is 0.400. The average molecular weight is 603 g/mol. The molecule has 0 spiro atoms. The van der Waals surface area contributed by atoms with Crippen LogP contribution in [-0.2, 0) is 15.6 Å². The summed E-state index contributed by atoms with van der Waals surface area (Å²) in [6.45, 7) is 19.1. The van der Waals surface area contributed by atoms with E-state index in [9.17, 15) is 9.90 Å². The van der Waals surface area contributed by atoms with E-state index < -0.39 is 5.97 Å². The van der Waals surface area contributed by atoms with Gasteiger partial charge in [0.25, 0.3) is 0 Å². The van der Waals surface area contributed by atoms with Crippen LogP contribution in [0, 0.1) is 23.9 Å². The lowest BCUT2D eigenvalue weighted by Gasteiger charge is -2.47. The average Bonchev–Trinajstić information content (AvgIpc) is 3.30. The Kier molecular flexibility index (Phi) is 7.79. The number of piperidine rings is 1. The fourth-order valence-corrected chi connectivity index (χ4v) is 8.12. The minimum atomic E-state index is -0.669. The normalized spacial score (nSPS) is 21.5. The van der Waals surface area contributed by atoms with Crippen LogP contribution in [0.4, 0.5) is 0 Å². The van der Waals surface area contributed by atoms with Gasteiger partial charge in [0.2, 0.25) is 0 Å². The summed E-state index contributed by atoms with van der Waals surface area (Å²) < 4.78 is 4.64. The molecule has 3 heterocycles. The first-order chi connectivity index (χ1) is 21.3. The van der Waals surface area contributed by atoms with Gasteiger partial charge in [-0.1, -0.05) is 90.1 Å². The molecule has 5 nitrogen and oxygen atoms in total. The number of nitrogens with zero attached hydrogens (tertiary/aromatic N) is 3. The molecule has 6 rings (SSSR count). The highest BCUT2D eigenvalue weighted by Gasteiger charge is 2.38. The first-order valence-corrected chi connectivity index (χ1v) is 16.4. The van der Waals surface area contributed by atoms with E-state index in [1.165, 1.54) is 51.1 Å². The van der Waals surface area contributed by atoms with Crippen molar-refractivity contribution < 1.29 is 9.90 Å². The molecule has 1 fully saturated rings. The Labute approximate surface area is 268 Å². The summed E-state index contributed by atoms with van der Waals surface area (Å²) in [5.41, 5.74) is 5.00. The van der Waals surface area contributed by atoms with Gasteiger partial charge in [0.05, 0.1) is 12.0 Å². The van der Waals surface area contributed by atoms with Crippen molar-refractivity contribution in [3.8, 4) is 0 Å². The molecule has 1 saturated heterocycles. The highest BCUT2D eigenvalue weighted by atomic mass is 16.4. The SMILES string of the molecule is C=c1ccc2c(c1)C(C)(C)[C-](C=C[C-]1CCCC(/C=C/[C-]3[N+](C)=c4ccc(=C)cc4C3(C)C)=C1N1CCC(C(=O)O)CC1)[N+]=2C. The van der Waals surface area contributed by atoms with Gasteiger partial charge in [-0.2, -0.15) is 11.5 Å². The zero-order valence-electron chi connectivity index (χ0n) is 27.9. The molecule has 236 valence electrons. The van der Waals surface area contributed by atoms with Gasteiger partial charge in [-0.05, 0) is 46.5 Å². The van der Waals surface area contributed by atoms with Gasteiger partial charge < -0.3 is 19.2 Å². The summed E-state index contributed by atoms with van der Waals surface area (Å²) >= 11 is 0. The van der Waals surface area contributed by atoms with Crippen LogP contribution in [-0.4, -0.2) is 43.2 Å². The first-order valence-electron chi connectivity index (χ1n) is 16.4. The van der Waals surface area contributed by atoms with Crippen LogP contribution in [0.2, 0.25) is 0 Å². The van der Waals surface area contributed by atoms with Crippen molar-refractivity contribution >= 4 is 19.1 Å². The van der Waals surface area contributed by atoms with Crippen LogP contribution in [0.25, 0.3) is 13.2 Å². The summed E-state index contributed by atoms with van der Waals surface area (Å²) in [6.07, 6.45) is 13.8. The van der Waals surface area contributed by atoms with Crippen LogP contribution in [0.3, 0.4) is 0 Å². The van der Waals surface area contributed by atoms with Crippen molar-refractivity contribution in [2.75, 3.05) is 27.2 Å². The molecule has 1 N–H and O–H groups in total. The Morgan fingerprint density at radius 3 is 1.96 bits per heavy atom. The van der Waals surface area contributed by atoms with Crippen molar-refractivity contribution in [3.63, 3.8) is 0 Å². The second-order valence-electron chi connectivity index (χ2n) is 14.4. The van der Waals surface area contributed by atoms with E-state index in [1.54, 1.807) is 0 Å². The van der Waals surface area contributed by atoms with Gasteiger partial charge in [-0.15, -0.1) is 6.08 Å². The van der Waals surface area contributed by atoms with Crippen LogP contribution in [0.1, 0.15) is 70.9 Å². The van der Waals surface area contributed by atoms with Crippen LogP contribution >= 0.6 is 0 Å². The molecule has 4 aliphatic rings. The predicted molar refractivity (Wildman–Crippen MR) is 184 cm³/mol. The molecule has 0 unspecified atom stereocenters. The molecule has 0 bridgehead atoms. The lowest BCUT2D eigenvalue weighted by Crippen LogP contribution is -2.38. The third-order valence-electron chi connectivity index (χ3n) is 10.7. The van der Waals surface area contributed by atoms with Crippen molar-refractivity contribution in [1.29, 1.82) is 0 Å². The van der Waals surface area contributed by atoms with Crippen LogP contribution in [0.15, 0.2) is 72.0 Å². The lowest BCUT2D eigenvalue weighted by atomic mass is 9.77. The van der Waals surface area contributed by atoms with E-state index >= 15 is 0 Å². The number of allylic oxidation sites excluding steroid dienone is 3. The number of fused-ring (bicyclic) bond motifs is 2. The molecule has 0 aromatic heterocycles. The second-order valence-corrected chi connectivity index (χ2v) is 14.4. The topological polar surface area (TPSA) is 46.6 Å². The molecule has 3 aliphatic heterocycles. The Morgan fingerprint density at radius 1 is 0.889 bits per heavy atom. The minimum absolute atomic E-state index is 0.131. The largest absolute Gasteiger partial charge is 0.481 e. The zero-order chi connectivity index (χ0) is 32.3. The number of likely N-dealkylation sites (tertiary alicyclic amines) is 1. The summed E-state index contributed by atoms with van der Waals surface area (Å²) in [4.78, 5) is 14.3. The van der Waals surface area contributed by atoms with E-state index in [-0.39, 0.29) is 16.7 Å². The number of carbonyl (C=O) groups is 1. The summed E-state index contributed by atoms with van der Waals surface area (Å²) in [5, 5.41) is 14.3. The fourth-order valence-electron chi connectivity index (χ4n) is 8.12. The van der Waals surface area contributed by atoms with Gasteiger partial charge in [-0.25, -0.2) is 12.2 Å². The lowest BCUT2D eigenvalue weighted by molar-refractivity contribution is -0.143. The van der Waals surface area contributed by atoms with Gasteiger partial charge in [0.15, 0.2) is 0 Å². The summed E-state index contributed by atoms with van der Waals surface area (Å²) in [6, 6.07) is 15.5.